The first kappa shape index (κ1) is 14.1. The highest BCUT2D eigenvalue weighted by molar-refractivity contribution is 5.87. The third kappa shape index (κ3) is 2.97. The zero-order valence-electron chi connectivity index (χ0n) is 11.2. The van der Waals surface area contributed by atoms with Gasteiger partial charge < -0.3 is 15.2 Å². The average molecular weight is 267 g/mol. The van der Waals surface area contributed by atoms with Gasteiger partial charge in [-0.2, -0.15) is 0 Å². The molecule has 2 rings (SSSR count). The number of nitrogens with one attached hydrogen (secondary N) is 1. The van der Waals surface area contributed by atoms with Crippen molar-refractivity contribution in [3.63, 3.8) is 0 Å². The molecule has 2 aliphatic rings. The van der Waals surface area contributed by atoms with Gasteiger partial charge in [0.25, 0.3) is 0 Å². The van der Waals surface area contributed by atoms with E-state index in [1.807, 2.05) is 0 Å². The van der Waals surface area contributed by atoms with Gasteiger partial charge in [-0.05, 0) is 6.42 Å². The van der Waals surface area contributed by atoms with E-state index in [-0.39, 0.29) is 12.0 Å². The van der Waals surface area contributed by atoms with Gasteiger partial charge in [0.1, 0.15) is 5.92 Å². The quantitative estimate of drug-likeness (QED) is 0.539. The lowest BCUT2D eigenvalue weighted by Crippen LogP contribution is -2.42. The second-order valence-electron chi connectivity index (χ2n) is 5.19. The first-order chi connectivity index (χ1) is 9.15. The number of ether oxygens (including phenoxy) is 1. The summed E-state index contributed by atoms with van der Waals surface area (Å²) in [4.78, 5) is 23.3. The molecular formula is C14H21NO4. The van der Waals surface area contributed by atoms with Crippen LogP contribution in [0.25, 0.3) is 0 Å². The molecule has 0 saturated carbocycles. The Balaban J connectivity index is 1.84. The number of carboxylic acid groups (broad SMARTS) is 1. The van der Waals surface area contributed by atoms with E-state index >= 15 is 0 Å². The summed E-state index contributed by atoms with van der Waals surface area (Å²) >= 11 is 0. The highest BCUT2D eigenvalue weighted by Gasteiger charge is 2.52. The monoisotopic (exact) mass is 267 g/mol. The van der Waals surface area contributed by atoms with Crippen molar-refractivity contribution in [3.05, 3.63) is 12.2 Å². The Labute approximate surface area is 113 Å². The molecular weight excluding hydrogens is 246 g/mol. The van der Waals surface area contributed by atoms with E-state index in [1.54, 1.807) is 12.2 Å². The largest absolute Gasteiger partial charge is 0.481 e. The number of hydrogen-bond acceptors (Lipinski definition) is 3. The van der Waals surface area contributed by atoms with Gasteiger partial charge in [-0.25, -0.2) is 0 Å². The standard InChI is InChI=1S/C14H21NO4/c1-2-3-4-5-8-15-13(16)11-9-6-7-10(19-9)12(11)14(17)18/h6-7,9-12H,2-5,8H2,1H3,(H,15,16)(H,17,18)/t9-,10+,11-,12+/m1/s1. The van der Waals surface area contributed by atoms with Gasteiger partial charge in [0, 0.05) is 6.54 Å². The van der Waals surface area contributed by atoms with Crippen molar-refractivity contribution < 1.29 is 19.4 Å². The van der Waals surface area contributed by atoms with Crippen molar-refractivity contribution in [2.45, 2.75) is 44.8 Å². The Morgan fingerprint density at radius 3 is 2.47 bits per heavy atom. The smallest absolute Gasteiger partial charge is 0.310 e. The maximum Gasteiger partial charge on any atom is 0.310 e. The molecule has 0 unspecified atom stereocenters. The van der Waals surface area contributed by atoms with Crippen molar-refractivity contribution in [3.8, 4) is 0 Å². The minimum Gasteiger partial charge on any atom is -0.481 e. The van der Waals surface area contributed by atoms with E-state index < -0.39 is 23.9 Å². The zero-order valence-corrected chi connectivity index (χ0v) is 11.2. The third-order valence-electron chi connectivity index (χ3n) is 3.82. The maximum absolute atomic E-state index is 12.1. The number of hydrogen-bond donors (Lipinski definition) is 2. The molecule has 2 N–H and O–H groups in total. The van der Waals surface area contributed by atoms with Crippen LogP contribution in [-0.4, -0.2) is 35.7 Å². The van der Waals surface area contributed by atoms with Crippen molar-refractivity contribution in [2.75, 3.05) is 6.54 Å². The van der Waals surface area contributed by atoms with E-state index in [2.05, 4.69) is 12.2 Å². The van der Waals surface area contributed by atoms with Crippen molar-refractivity contribution in [1.82, 2.24) is 5.32 Å². The molecule has 1 amide bonds. The van der Waals surface area contributed by atoms with Gasteiger partial charge in [-0.15, -0.1) is 0 Å². The minimum absolute atomic E-state index is 0.194. The van der Waals surface area contributed by atoms with Crippen molar-refractivity contribution in [2.24, 2.45) is 11.8 Å². The van der Waals surface area contributed by atoms with Gasteiger partial charge in [0.15, 0.2) is 0 Å². The van der Waals surface area contributed by atoms with Gasteiger partial charge in [0.05, 0.1) is 18.1 Å². The molecule has 106 valence electrons. The van der Waals surface area contributed by atoms with Crippen LogP contribution in [0.1, 0.15) is 32.6 Å². The van der Waals surface area contributed by atoms with E-state index in [4.69, 9.17) is 4.74 Å². The van der Waals surface area contributed by atoms with Gasteiger partial charge >= 0.3 is 5.97 Å². The van der Waals surface area contributed by atoms with Crippen LogP contribution in [0.15, 0.2) is 12.2 Å². The predicted molar refractivity (Wildman–Crippen MR) is 69.6 cm³/mol. The Morgan fingerprint density at radius 2 is 1.84 bits per heavy atom. The van der Waals surface area contributed by atoms with Crippen molar-refractivity contribution in [1.29, 1.82) is 0 Å². The number of amides is 1. The molecule has 2 bridgehead atoms. The molecule has 2 aliphatic heterocycles. The zero-order chi connectivity index (χ0) is 13.8. The van der Waals surface area contributed by atoms with Crippen LogP contribution in [0.4, 0.5) is 0 Å². The molecule has 5 nitrogen and oxygen atoms in total. The van der Waals surface area contributed by atoms with Crippen LogP contribution >= 0.6 is 0 Å². The lowest BCUT2D eigenvalue weighted by molar-refractivity contribution is -0.146. The molecule has 0 radical (unpaired) electrons. The van der Waals surface area contributed by atoms with Crippen LogP contribution in [0, 0.1) is 11.8 Å². The van der Waals surface area contributed by atoms with E-state index in [9.17, 15) is 14.7 Å². The maximum atomic E-state index is 12.1. The van der Waals surface area contributed by atoms with Crippen LogP contribution in [0.3, 0.4) is 0 Å². The topological polar surface area (TPSA) is 75.6 Å². The fourth-order valence-corrected chi connectivity index (χ4v) is 2.80. The normalized spacial score (nSPS) is 31.6. The molecule has 0 aliphatic carbocycles. The highest BCUT2D eigenvalue weighted by atomic mass is 16.5. The molecule has 0 aromatic rings. The lowest BCUT2D eigenvalue weighted by atomic mass is 9.82. The number of aliphatic carboxylic acids is 1. The number of carbonyl (C=O) groups is 2. The lowest BCUT2D eigenvalue weighted by Gasteiger charge is -2.20. The molecule has 0 aromatic heterocycles. The number of carboxylic acids is 1. The Kier molecular flexibility index (Phi) is 4.58. The summed E-state index contributed by atoms with van der Waals surface area (Å²) in [6.07, 6.45) is 7.06. The van der Waals surface area contributed by atoms with Crippen LogP contribution < -0.4 is 5.32 Å². The van der Waals surface area contributed by atoms with E-state index in [0.717, 1.165) is 25.7 Å². The van der Waals surface area contributed by atoms with Gasteiger partial charge in [0.2, 0.25) is 5.91 Å². The summed E-state index contributed by atoms with van der Waals surface area (Å²) < 4.78 is 5.47. The number of unbranched alkanes of at least 4 members (excludes halogenated alkanes) is 3. The summed E-state index contributed by atoms with van der Waals surface area (Å²) in [5.74, 6) is -2.48. The second-order valence-corrected chi connectivity index (χ2v) is 5.19. The van der Waals surface area contributed by atoms with E-state index in [1.165, 1.54) is 0 Å². The van der Waals surface area contributed by atoms with Crippen LogP contribution in [-0.2, 0) is 14.3 Å². The molecule has 1 saturated heterocycles. The summed E-state index contributed by atoms with van der Waals surface area (Å²) in [5, 5.41) is 12.0. The van der Waals surface area contributed by atoms with Crippen molar-refractivity contribution >= 4 is 11.9 Å². The summed E-state index contributed by atoms with van der Waals surface area (Å²) in [6, 6.07) is 0. The molecule has 0 spiro atoms. The third-order valence-corrected chi connectivity index (χ3v) is 3.82. The van der Waals surface area contributed by atoms with Gasteiger partial charge in [-0.3, -0.25) is 9.59 Å². The summed E-state index contributed by atoms with van der Waals surface area (Å²) in [7, 11) is 0. The predicted octanol–water partition coefficient (Wildman–Crippen LogP) is 1.34. The summed E-state index contributed by atoms with van der Waals surface area (Å²) in [5.41, 5.74) is 0. The SMILES string of the molecule is CCCCCCNC(=O)[C@H]1[C@@H](C(=O)O)[C@@H]2C=C[C@H]1O2. The Hall–Kier alpha value is -1.36. The van der Waals surface area contributed by atoms with E-state index in [0.29, 0.717) is 6.54 Å². The summed E-state index contributed by atoms with van der Waals surface area (Å²) in [6.45, 7) is 2.75. The number of fused-ring (bicyclic) bond motifs is 2. The minimum atomic E-state index is -0.956. The highest BCUT2D eigenvalue weighted by Crippen LogP contribution is 2.39. The van der Waals surface area contributed by atoms with Crippen LogP contribution in [0.5, 0.6) is 0 Å². The molecule has 19 heavy (non-hydrogen) atoms. The molecule has 5 heteroatoms. The number of carbonyl (C=O) groups excluding carboxylic acids is 1. The first-order valence-electron chi connectivity index (χ1n) is 6.99. The number of rotatable bonds is 7. The molecule has 2 heterocycles. The Bertz CT molecular complexity index is 380. The first-order valence-corrected chi connectivity index (χ1v) is 6.99. The molecule has 1 fully saturated rings. The van der Waals surface area contributed by atoms with Crippen LogP contribution in [0.2, 0.25) is 0 Å². The average Bonchev–Trinajstić information content (AvgIpc) is 2.98. The van der Waals surface area contributed by atoms with Gasteiger partial charge in [-0.1, -0.05) is 38.3 Å². The fraction of sp³-hybridized carbons (Fsp3) is 0.714. The fourth-order valence-electron chi connectivity index (χ4n) is 2.80. The Morgan fingerprint density at radius 1 is 1.16 bits per heavy atom. The second kappa shape index (κ2) is 6.19. The molecule has 4 atom stereocenters. The molecule has 0 aromatic carbocycles.